The molecule has 0 saturated carbocycles. The summed E-state index contributed by atoms with van der Waals surface area (Å²) in [6, 6.07) is 5.39. The molecule has 1 aromatic heterocycles. The molecule has 1 fully saturated rings. The van der Waals surface area contributed by atoms with E-state index in [0.717, 1.165) is 19.5 Å². The van der Waals surface area contributed by atoms with Crippen LogP contribution in [0.2, 0.25) is 0 Å². The quantitative estimate of drug-likeness (QED) is 0.820. The SMILES string of the molecule is Cl.N#Cc1ccnc(OC2CCNC2)c1. The summed E-state index contributed by atoms with van der Waals surface area (Å²) >= 11 is 0. The first-order chi connectivity index (χ1) is 6.88. The molecule has 1 N–H and O–H groups in total. The van der Waals surface area contributed by atoms with Crippen molar-refractivity contribution in [2.24, 2.45) is 0 Å². The van der Waals surface area contributed by atoms with Crippen molar-refractivity contribution in [1.29, 1.82) is 5.26 Å². The van der Waals surface area contributed by atoms with Crippen LogP contribution in [0.5, 0.6) is 5.88 Å². The van der Waals surface area contributed by atoms with E-state index in [4.69, 9.17) is 10.00 Å². The maximum atomic E-state index is 8.68. The van der Waals surface area contributed by atoms with Gasteiger partial charge in [-0.3, -0.25) is 0 Å². The second-order valence-corrected chi connectivity index (χ2v) is 3.23. The fraction of sp³-hybridized carbons (Fsp3) is 0.400. The van der Waals surface area contributed by atoms with Crippen molar-refractivity contribution in [1.82, 2.24) is 10.3 Å². The van der Waals surface area contributed by atoms with Gasteiger partial charge in [-0.05, 0) is 19.0 Å². The predicted octanol–water partition coefficient (Wildman–Crippen LogP) is 1.12. The van der Waals surface area contributed by atoms with E-state index in [9.17, 15) is 0 Å². The molecule has 80 valence electrons. The highest BCUT2D eigenvalue weighted by Gasteiger charge is 2.16. The van der Waals surface area contributed by atoms with Crippen molar-refractivity contribution in [3.63, 3.8) is 0 Å². The van der Waals surface area contributed by atoms with Crippen molar-refractivity contribution in [3.05, 3.63) is 23.9 Å². The van der Waals surface area contributed by atoms with Gasteiger partial charge in [-0.25, -0.2) is 4.98 Å². The third-order valence-electron chi connectivity index (χ3n) is 2.17. The fourth-order valence-corrected chi connectivity index (χ4v) is 1.44. The van der Waals surface area contributed by atoms with E-state index in [1.54, 1.807) is 18.3 Å². The van der Waals surface area contributed by atoms with E-state index >= 15 is 0 Å². The van der Waals surface area contributed by atoms with E-state index in [0.29, 0.717) is 11.4 Å². The summed E-state index contributed by atoms with van der Waals surface area (Å²) in [7, 11) is 0. The van der Waals surface area contributed by atoms with Gasteiger partial charge in [0.25, 0.3) is 0 Å². The van der Waals surface area contributed by atoms with Gasteiger partial charge in [0.1, 0.15) is 6.10 Å². The first-order valence-electron chi connectivity index (χ1n) is 4.62. The number of ether oxygens (including phenoxy) is 1. The molecule has 0 amide bonds. The standard InChI is InChI=1S/C10H11N3O.ClH/c11-6-8-1-4-13-10(5-8)14-9-2-3-12-7-9;/h1,4-5,9,12H,2-3,7H2;1H. The minimum Gasteiger partial charge on any atom is -0.473 e. The highest BCUT2D eigenvalue weighted by atomic mass is 35.5. The number of nitrogens with zero attached hydrogens (tertiary/aromatic N) is 2. The van der Waals surface area contributed by atoms with Gasteiger partial charge < -0.3 is 10.1 Å². The van der Waals surface area contributed by atoms with Gasteiger partial charge in [0.2, 0.25) is 5.88 Å². The minimum atomic E-state index is 0. The highest BCUT2D eigenvalue weighted by molar-refractivity contribution is 5.85. The van der Waals surface area contributed by atoms with Gasteiger partial charge >= 0.3 is 0 Å². The topological polar surface area (TPSA) is 57.9 Å². The van der Waals surface area contributed by atoms with Crippen molar-refractivity contribution >= 4 is 12.4 Å². The van der Waals surface area contributed by atoms with Crippen LogP contribution in [0.3, 0.4) is 0 Å². The van der Waals surface area contributed by atoms with Crippen LogP contribution in [0.25, 0.3) is 0 Å². The fourth-order valence-electron chi connectivity index (χ4n) is 1.44. The van der Waals surface area contributed by atoms with Crippen LogP contribution in [0, 0.1) is 11.3 Å². The zero-order valence-corrected chi connectivity index (χ0v) is 8.96. The minimum absolute atomic E-state index is 0. The Hall–Kier alpha value is -1.31. The van der Waals surface area contributed by atoms with Crippen LogP contribution < -0.4 is 10.1 Å². The van der Waals surface area contributed by atoms with Crippen molar-refractivity contribution in [2.45, 2.75) is 12.5 Å². The molecule has 0 bridgehead atoms. The summed E-state index contributed by atoms with van der Waals surface area (Å²) in [6.45, 7) is 1.85. The van der Waals surface area contributed by atoms with Crippen molar-refractivity contribution in [3.8, 4) is 11.9 Å². The molecule has 1 aliphatic rings. The normalized spacial score (nSPS) is 19.0. The summed E-state index contributed by atoms with van der Waals surface area (Å²) in [5.74, 6) is 0.540. The molecule has 2 heterocycles. The van der Waals surface area contributed by atoms with Gasteiger partial charge in [-0.2, -0.15) is 5.26 Å². The molecular formula is C10H12ClN3O. The van der Waals surface area contributed by atoms with Crippen LogP contribution in [-0.2, 0) is 0 Å². The smallest absolute Gasteiger partial charge is 0.214 e. The lowest BCUT2D eigenvalue weighted by Crippen LogP contribution is -2.20. The number of rotatable bonds is 2. The molecule has 15 heavy (non-hydrogen) atoms. The van der Waals surface area contributed by atoms with Gasteiger partial charge in [0.15, 0.2) is 0 Å². The summed E-state index contributed by atoms with van der Waals surface area (Å²) < 4.78 is 5.59. The molecule has 4 nitrogen and oxygen atoms in total. The summed E-state index contributed by atoms with van der Waals surface area (Å²) in [4.78, 5) is 4.05. The van der Waals surface area contributed by atoms with E-state index in [1.165, 1.54) is 0 Å². The number of nitrogens with one attached hydrogen (secondary N) is 1. The number of pyridine rings is 1. The van der Waals surface area contributed by atoms with E-state index < -0.39 is 0 Å². The maximum Gasteiger partial charge on any atom is 0.214 e. The summed E-state index contributed by atoms with van der Waals surface area (Å²) in [5.41, 5.74) is 0.584. The van der Waals surface area contributed by atoms with Crippen LogP contribution in [0.15, 0.2) is 18.3 Å². The number of aromatic nitrogens is 1. The van der Waals surface area contributed by atoms with Crippen LogP contribution >= 0.6 is 12.4 Å². The number of halogens is 1. The molecule has 0 aromatic carbocycles. The Kier molecular flexibility index (Phi) is 4.35. The monoisotopic (exact) mass is 225 g/mol. The van der Waals surface area contributed by atoms with Crippen LogP contribution in [-0.4, -0.2) is 24.2 Å². The number of hydrogen-bond acceptors (Lipinski definition) is 4. The lowest BCUT2D eigenvalue weighted by Gasteiger charge is -2.10. The summed E-state index contributed by atoms with van der Waals surface area (Å²) in [5, 5.41) is 11.9. The third-order valence-corrected chi connectivity index (χ3v) is 2.17. The van der Waals surface area contributed by atoms with Crippen molar-refractivity contribution in [2.75, 3.05) is 13.1 Å². The molecule has 1 aromatic rings. The second kappa shape index (κ2) is 5.54. The lowest BCUT2D eigenvalue weighted by atomic mass is 10.3. The molecule has 5 heteroatoms. The van der Waals surface area contributed by atoms with Crippen LogP contribution in [0.4, 0.5) is 0 Å². The molecular weight excluding hydrogens is 214 g/mol. The maximum absolute atomic E-state index is 8.68. The average Bonchev–Trinajstić information content (AvgIpc) is 2.71. The van der Waals surface area contributed by atoms with E-state index in [1.807, 2.05) is 0 Å². The predicted molar refractivity (Wildman–Crippen MR) is 58.1 cm³/mol. The van der Waals surface area contributed by atoms with Gasteiger partial charge in [0, 0.05) is 18.8 Å². The second-order valence-electron chi connectivity index (χ2n) is 3.23. The van der Waals surface area contributed by atoms with E-state index in [-0.39, 0.29) is 18.5 Å². The zero-order chi connectivity index (χ0) is 9.80. The molecule has 1 aliphatic heterocycles. The van der Waals surface area contributed by atoms with Gasteiger partial charge in [0.05, 0.1) is 11.6 Å². The number of nitriles is 1. The first-order valence-corrected chi connectivity index (χ1v) is 4.62. The Morgan fingerprint density at radius 1 is 1.60 bits per heavy atom. The number of hydrogen-bond donors (Lipinski definition) is 1. The van der Waals surface area contributed by atoms with Gasteiger partial charge in [-0.15, -0.1) is 12.4 Å². The first kappa shape index (κ1) is 11.8. The molecule has 0 aliphatic carbocycles. The molecule has 1 atom stereocenters. The summed E-state index contributed by atoms with van der Waals surface area (Å²) in [6.07, 6.45) is 2.78. The molecule has 2 rings (SSSR count). The molecule has 1 saturated heterocycles. The molecule has 1 unspecified atom stereocenters. The highest BCUT2D eigenvalue weighted by Crippen LogP contribution is 2.12. The largest absolute Gasteiger partial charge is 0.473 e. The zero-order valence-electron chi connectivity index (χ0n) is 8.14. The lowest BCUT2D eigenvalue weighted by molar-refractivity contribution is 0.214. The van der Waals surface area contributed by atoms with Crippen molar-refractivity contribution < 1.29 is 4.74 Å². The Morgan fingerprint density at radius 3 is 3.13 bits per heavy atom. The van der Waals surface area contributed by atoms with Gasteiger partial charge in [-0.1, -0.05) is 0 Å². The molecule has 0 spiro atoms. The third kappa shape index (κ3) is 3.08. The van der Waals surface area contributed by atoms with E-state index in [2.05, 4.69) is 16.4 Å². The Morgan fingerprint density at radius 2 is 2.47 bits per heavy atom. The molecule has 0 radical (unpaired) electrons. The Labute approximate surface area is 94.7 Å². The van der Waals surface area contributed by atoms with Crippen LogP contribution in [0.1, 0.15) is 12.0 Å². The Balaban J connectivity index is 0.00000112. The average molecular weight is 226 g/mol. The Bertz CT molecular complexity index is 358.